The molecule has 0 aliphatic carbocycles. The number of anilines is 2. The highest BCUT2D eigenvalue weighted by molar-refractivity contribution is 6.32. The van der Waals surface area contributed by atoms with Gasteiger partial charge in [0.15, 0.2) is 0 Å². The zero-order valence-electron chi connectivity index (χ0n) is 13.7. The van der Waals surface area contributed by atoms with E-state index >= 15 is 0 Å². The van der Waals surface area contributed by atoms with Crippen LogP contribution in [0.4, 0.5) is 11.4 Å². The molecule has 1 heterocycles. The summed E-state index contributed by atoms with van der Waals surface area (Å²) in [6.45, 7) is 0. The second-order valence-electron chi connectivity index (χ2n) is 5.25. The molecule has 0 fully saturated rings. The first-order valence-corrected chi connectivity index (χ1v) is 7.93. The lowest BCUT2D eigenvalue weighted by molar-refractivity contribution is -0.112. The smallest absolute Gasteiger partial charge is 0.267 e. The van der Waals surface area contributed by atoms with Crippen LogP contribution in [0.5, 0.6) is 5.75 Å². The van der Waals surface area contributed by atoms with Gasteiger partial charge in [-0.15, -0.1) is 0 Å². The summed E-state index contributed by atoms with van der Waals surface area (Å²) in [5.74, 6) is -0.0552. The van der Waals surface area contributed by atoms with Gasteiger partial charge >= 0.3 is 0 Å². The minimum atomic E-state index is -0.552. The highest BCUT2D eigenvalue weighted by atomic mass is 35.5. The number of rotatable bonds is 5. The average Bonchev–Trinajstić information content (AvgIpc) is 3.10. The Morgan fingerprint density at radius 1 is 1.31 bits per heavy atom. The Morgan fingerprint density at radius 3 is 2.85 bits per heavy atom. The van der Waals surface area contributed by atoms with E-state index in [1.165, 1.54) is 13.3 Å². The Morgan fingerprint density at radius 2 is 2.12 bits per heavy atom. The molecular formula is C18H14ClN5O2. The van der Waals surface area contributed by atoms with Crippen LogP contribution < -0.4 is 15.4 Å². The van der Waals surface area contributed by atoms with Gasteiger partial charge in [0.1, 0.15) is 17.4 Å². The summed E-state index contributed by atoms with van der Waals surface area (Å²) in [5.41, 5.74) is 2.77. The van der Waals surface area contributed by atoms with E-state index in [0.29, 0.717) is 16.5 Å². The zero-order chi connectivity index (χ0) is 18.5. The summed E-state index contributed by atoms with van der Waals surface area (Å²) in [6, 6.07) is 12.1. The van der Waals surface area contributed by atoms with Crippen molar-refractivity contribution in [2.75, 3.05) is 17.7 Å². The normalized spacial score (nSPS) is 11.0. The van der Waals surface area contributed by atoms with Gasteiger partial charge in [-0.3, -0.25) is 4.79 Å². The molecule has 0 unspecified atom stereocenters. The number of nitriles is 1. The van der Waals surface area contributed by atoms with E-state index in [0.717, 1.165) is 16.7 Å². The first kappa shape index (κ1) is 17.3. The Hall–Kier alpha value is -3.50. The van der Waals surface area contributed by atoms with Gasteiger partial charge in [-0.05, 0) is 36.4 Å². The van der Waals surface area contributed by atoms with Gasteiger partial charge in [-0.1, -0.05) is 11.6 Å². The van der Waals surface area contributed by atoms with Crippen LogP contribution in [0, 0.1) is 11.3 Å². The van der Waals surface area contributed by atoms with Crippen molar-refractivity contribution in [3.05, 3.63) is 59.5 Å². The second-order valence-corrected chi connectivity index (χ2v) is 5.66. The van der Waals surface area contributed by atoms with Crippen LogP contribution in [-0.4, -0.2) is 23.0 Å². The zero-order valence-corrected chi connectivity index (χ0v) is 14.5. The molecule has 3 aromatic rings. The second kappa shape index (κ2) is 7.59. The fraction of sp³-hybridized carbons (Fsp3) is 0.0556. The molecule has 1 aromatic heterocycles. The standard InChI is InChI=1S/C18H14ClN5O2/c1-26-17-5-3-13(6-14(17)19)24-18(25)11(8-20)9-21-12-2-4-15-16(7-12)23-10-22-15/h2-7,9-10,21H,1H3,(H,22,23)(H,24,25)/b11-9-. The molecule has 0 saturated heterocycles. The number of amides is 1. The van der Waals surface area contributed by atoms with Crippen molar-refractivity contribution in [3.63, 3.8) is 0 Å². The van der Waals surface area contributed by atoms with Gasteiger partial charge in [0.25, 0.3) is 5.91 Å². The van der Waals surface area contributed by atoms with Gasteiger partial charge in [0.05, 0.1) is 29.5 Å². The number of imidazole rings is 1. The third-order valence-corrected chi connectivity index (χ3v) is 3.87. The SMILES string of the molecule is COc1ccc(NC(=O)/C(C#N)=C\Nc2ccc3nc[nH]c3c2)cc1Cl. The number of ether oxygens (including phenoxy) is 1. The molecule has 7 nitrogen and oxygen atoms in total. The fourth-order valence-corrected chi connectivity index (χ4v) is 2.53. The van der Waals surface area contributed by atoms with Crippen molar-refractivity contribution >= 4 is 39.9 Å². The predicted molar refractivity (Wildman–Crippen MR) is 100 cm³/mol. The highest BCUT2D eigenvalue weighted by Gasteiger charge is 2.11. The predicted octanol–water partition coefficient (Wildman–Crippen LogP) is 3.68. The summed E-state index contributed by atoms with van der Waals surface area (Å²) >= 11 is 6.03. The summed E-state index contributed by atoms with van der Waals surface area (Å²) in [6.07, 6.45) is 2.94. The minimum absolute atomic E-state index is 0.0818. The van der Waals surface area contributed by atoms with E-state index in [4.69, 9.17) is 16.3 Å². The number of methoxy groups -OCH3 is 1. The number of carbonyl (C=O) groups excluding carboxylic acids is 1. The van der Waals surface area contributed by atoms with Gasteiger partial charge in [-0.25, -0.2) is 4.98 Å². The molecule has 8 heteroatoms. The Labute approximate surface area is 154 Å². The molecular weight excluding hydrogens is 354 g/mol. The number of hydrogen-bond acceptors (Lipinski definition) is 5. The molecule has 0 radical (unpaired) electrons. The summed E-state index contributed by atoms with van der Waals surface area (Å²) in [5, 5.41) is 15.2. The molecule has 3 rings (SSSR count). The van der Waals surface area contributed by atoms with Crippen LogP contribution in [0.2, 0.25) is 5.02 Å². The van der Waals surface area contributed by atoms with Gasteiger partial charge < -0.3 is 20.4 Å². The number of aromatic amines is 1. The number of aromatic nitrogens is 2. The summed E-state index contributed by atoms with van der Waals surface area (Å²) in [4.78, 5) is 19.4. The number of H-pyrrole nitrogens is 1. The molecule has 0 bridgehead atoms. The first-order chi connectivity index (χ1) is 12.6. The average molecular weight is 368 g/mol. The van der Waals surface area contributed by atoms with E-state index in [-0.39, 0.29) is 5.57 Å². The van der Waals surface area contributed by atoms with Crippen molar-refractivity contribution < 1.29 is 9.53 Å². The fourth-order valence-electron chi connectivity index (χ4n) is 2.27. The third kappa shape index (κ3) is 3.77. The van der Waals surface area contributed by atoms with Crippen molar-refractivity contribution in [1.29, 1.82) is 5.26 Å². The quantitative estimate of drug-likeness (QED) is 0.471. The number of halogens is 1. The number of fused-ring (bicyclic) bond motifs is 1. The maximum absolute atomic E-state index is 12.3. The molecule has 130 valence electrons. The first-order valence-electron chi connectivity index (χ1n) is 7.55. The van der Waals surface area contributed by atoms with Gasteiger partial charge in [-0.2, -0.15) is 5.26 Å². The van der Waals surface area contributed by atoms with Crippen molar-refractivity contribution in [2.24, 2.45) is 0 Å². The van der Waals surface area contributed by atoms with E-state index in [2.05, 4.69) is 20.6 Å². The number of benzene rings is 2. The lowest BCUT2D eigenvalue weighted by Crippen LogP contribution is -2.14. The van der Waals surface area contributed by atoms with Crippen molar-refractivity contribution in [2.45, 2.75) is 0 Å². The number of hydrogen-bond donors (Lipinski definition) is 3. The minimum Gasteiger partial charge on any atom is -0.495 e. The molecule has 3 N–H and O–H groups in total. The third-order valence-electron chi connectivity index (χ3n) is 3.58. The molecule has 2 aromatic carbocycles. The van der Waals surface area contributed by atoms with Crippen LogP contribution in [0.15, 0.2) is 54.5 Å². The summed E-state index contributed by atoms with van der Waals surface area (Å²) in [7, 11) is 1.50. The van der Waals surface area contributed by atoms with Crippen LogP contribution in [-0.2, 0) is 4.79 Å². The molecule has 0 aliphatic rings. The van der Waals surface area contributed by atoms with Crippen LogP contribution >= 0.6 is 11.6 Å². The van der Waals surface area contributed by atoms with Crippen LogP contribution in [0.3, 0.4) is 0 Å². The number of carbonyl (C=O) groups is 1. The Bertz CT molecular complexity index is 1040. The molecule has 0 spiro atoms. The molecule has 26 heavy (non-hydrogen) atoms. The van der Waals surface area contributed by atoms with Gasteiger partial charge in [0, 0.05) is 17.6 Å². The maximum atomic E-state index is 12.3. The highest BCUT2D eigenvalue weighted by Crippen LogP contribution is 2.27. The van der Waals surface area contributed by atoms with E-state index < -0.39 is 5.91 Å². The Kier molecular flexibility index (Phi) is 5.06. The maximum Gasteiger partial charge on any atom is 0.267 e. The number of nitrogens with zero attached hydrogens (tertiary/aromatic N) is 2. The van der Waals surface area contributed by atoms with E-state index in [1.807, 2.05) is 18.2 Å². The molecule has 1 amide bonds. The largest absolute Gasteiger partial charge is 0.495 e. The number of nitrogens with one attached hydrogen (secondary N) is 3. The molecule has 0 saturated carbocycles. The van der Waals surface area contributed by atoms with Crippen LogP contribution in [0.1, 0.15) is 0 Å². The molecule has 0 atom stereocenters. The van der Waals surface area contributed by atoms with Gasteiger partial charge in [0.2, 0.25) is 0 Å². The van der Waals surface area contributed by atoms with Crippen LogP contribution in [0.25, 0.3) is 11.0 Å². The van der Waals surface area contributed by atoms with E-state index in [9.17, 15) is 10.1 Å². The van der Waals surface area contributed by atoms with E-state index in [1.54, 1.807) is 30.6 Å². The van der Waals surface area contributed by atoms with Crippen molar-refractivity contribution in [1.82, 2.24) is 9.97 Å². The lowest BCUT2D eigenvalue weighted by atomic mass is 10.2. The van der Waals surface area contributed by atoms with Crippen molar-refractivity contribution in [3.8, 4) is 11.8 Å². The molecule has 0 aliphatic heterocycles. The topological polar surface area (TPSA) is 103 Å². The monoisotopic (exact) mass is 367 g/mol. The lowest BCUT2D eigenvalue weighted by Gasteiger charge is -2.08. The summed E-state index contributed by atoms with van der Waals surface area (Å²) < 4.78 is 5.06. The Balaban J connectivity index is 1.72.